The van der Waals surface area contributed by atoms with Crippen LogP contribution >= 0.6 is 23.4 Å². The van der Waals surface area contributed by atoms with Crippen molar-refractivity contribution in [2.45, 2.75) is 23.3 Å². The van der Waals surface area contributed by atoms with Crippen molar-refractivity contribution in [1.82, 2.24) is 15.0 Å². The molecule has 0 aliphatic carbocycles. The van der Waals surface area contributed by atoms with Crippen LogP contribution in [0.1, 0.15) is 12.5 Å². The summed E-state index contributed by atoms with van der Waals surface area (Å²) in [6.45, 7) is 2.16. The maximum Gasteiger partial charge on any atom is 0.128 e. The predicted octanol–water partition coefficient (Wildman–Crippen LogP) is 5.48. The van der Waals surface area contributed by atoms with Crippen molar-refractivity contribution in [3.63, 3.8) is 0 Å². The number of rotatable bonds is 3. The van der Waals surface area contributed by atoms with Crippen LogP contribution in [0.4, 0.5) is 0 Å². The normalized spacial score (nSPS) is 11.4. The van der Waals surface area contributed by atoms with Crippen molar-refractivity contribution in [2.75, 3.05) is 0 Å². The zero-order valence-corrected chi connectivity index (χ0v) is 14.1. The van der Waals surface area contributed by atoms with Gasteiger partial charge in [-0.1, -0.05) is 42.4 Å². The lowest BCUT2D eigenvalue weighted by molar-refractivity contribution is 1.09. The molecule has 0 amide bonds. The van der Waals surface area contributed by atoms with E-state index in [0.717, 1.165) is 43.3 Å². The summed E-state index contributed by atoms with van der Waals surface area (Å²) in [4.78, 5) is 13.4. The molecule has 0 radical (unpaired) electrons. The first-order valence-electron chi connectivity index (χ1n) is 7.43. The number of benzene rings is 2. The van der Waals surface area contributed by atoms with Gasteiger partial charge < -0.3 is 4.98 Å². The molecule has 0 aliphatic heterocycles. The van der Waals surface area contributed by atoms with Gasteiger partial charge in [-0.25, -0.2) is 9.97 Å². The van der Waals surface area contributed by atoms with Crippen molar-refractivity contribution < 1.29 is 0 Å². The quantitative estimate of drug-likeness (QED) is 0.502. The van der Waals surface area contributed by atoms with Crippen LogP contribution in [-0.4, -0.2) is 15.0 Å². The minimum atomic E-state index is 0.726. The van der Waals surface area contributed by atoms with Crippen molar-refractivity contribution in [2.24, 2.45) is 0 Å². The van der Waals surface area contributed by atoms with Gasteiger partial charge in [0.1, 0.15) is 16.9 Å². The number of H-pyrrole nitrogens is 1. The van der Waals surface area contributed by atoms with Gasteiger partial charge in [0.25, 0.3) is 0 Å². The lowest BCUT2D eigenvalue weighted by Gasteiger charge is -2.02. The summed E-state index contributed by atoms with van der Waals surface area (Å²) in [5, 5.41) is 2.78. The number of hydrogen-bond donors (Lipinski definition) is 1. The smallest absolute Gasteiger partial charge is 0.128 e. The van der Waals surface area contributed by atoms with Gasteiger partial charge in [0.05, 0.1) is 5.52 Å². The zero-order valence-electron chi connectivity index (χ0n) is 12.5. The van der Waals surface area contributed by atoms with Crippen LogP contribution in [0.5, 0.6) is 0 Å². The third kappa shape index (κ3) is 2.69. The molecular formula is C18H14ClN3S. The van der Waals surface area contributed by atoms with Crippen LogP contribution in [-0.2, 0) is 6.42 Å². The molecule has 0 bridgehead atoms. The molecule has 1 N–H and O–H groups in total. The van der Waals surface area contributed by atoms with Crippen LogP contribution in [0.3, 0.4) is 0 Å². The summed E-state index contributed by atoms with van der Waals surface area (Å²) in [6, 6.07) is 14.3. The maximum absolute atomic E-state index is 6.07. The molecule has 114 valence electrons. The minimum absolute atomic E-state index is 0.726. The Morgan fingerprint density at radius 2 is 2.04 bits per heavy atom. The Kier molecular flexibility index (Phi) is 3.71. The van der Waals surface area contributed by atoms with E-state index in [2.05, 4.69) is 40.1 Å². The van der Waals surface area contributed by atoms with Gasteiger partial charge in [-0.2, -0.15) is 0 Å². The second-order valence-corrected chi connectivity index (χ2v) is 6.82. The average Bonchev–Trinajstić information content (AvgIpc) is 2.94. The Bertz CT molecular complexity index is 1010. The average molecular weight is 340 g/mol. The first kappa shape index (κ1) is 14.5. The SMILES string of the molecule is CCc1ccc2[nH]c3c(Sc4cccc(Cl)c4)ncnc3c2c1. The third-order valence-corrected chi connectivity index (χ3v) is 5.06. The zero-order chi connectivity index (χ0) is 15.8. The van der Waals surface area contributed by atoms with Gasteiger partial charge in [-0.15, -0.1) is 0 Å². The number of halogens is 1. The summed E-state index contributed by atoms with van der Waals surface area (Å²) in [5.74, 6) is 0. The molecule has 0 aliphatic rings. The van der Waals surface area contributed by atoms with Crippen molar-refractivity contribution >= 4 is 45.3 Å². The van der Waals surface area contributed by atoms with Crippen molar-refractivity contribution in [1.29, 1.82) is 0 Å². The Labute approximate surface area is 143 Å². The van der Waals surface area contributed by atoms with Crippen LogP contribution in [0, 0.1) is 0 Å². The number of aromatic nitrogens is 3. The lowest BCUT2D eigenvalue weighted by atomic mass is 10.1. The van der Waals surface area contributed by atoms with E-state index in [1.807, 2.05) is 24.3 Å². The Morgan fingerprint density at radius 1 is 1.13 bits per heavy atom. The van der Waals surface area contributed by atoms with E-state index in [4.69, 9.17) is 11.6 Å². The highest BCUT2D eigenvalue weighted by Gasteiger charge is 2.12. The summed E-state index contributed by atoms with van der Waals surface area (Å²) >= 11 is 7.66. The number of aromatic amines is 1. The van der Waals surface area contributed by atoms with Crippen molar-refractivity contribution in [3.05, 3.63) is 59.4 Å². The molecule has 23 heavy (non-hydrogen) atoms. The maximum atomic E-state index is 6.07. The largest absolute Gasteiger partial charge is 0.351 e. The lowest BCUT2D eigenvalue weighted by Crippen LogP contribution is -1.85. The predicted molar refractivity (Wildman–Crippen MR) is 96.3 cm³/mol. The minimum Gasteiger partial charge on any atom is -0.351 e. The monoisotopic (exact) mass is 339 g/mol. The van der Waals surface area contributed by atoms with Gasteiger partial charge in [0, 0.05) is 20.8 Å². The molecule has 0 spiro atoms. The summed E-state index contributed by atoms with van der Waals surface area (Å²) in [5.41, 5.74) is 4.34. The second kappa shape index (κ2) is 5.87. The van der Waals surface area contributed by atoms with Crippen LogP contribution < -0.4 is 0 Å². The van der Waals surface area contributed by atoms with E-state index in [9.17, 15) is 0 Å². The Balaban J connectivity index is 1.87. The van der Waals surface area contributed by atoms with Crippen molar-refractivity contribution in [3.8, 4) is 0 Å². The van der Waals surface area contributed by atoms with E-state index < -0.39 is 0 Å². The summed E-state index contributed by atoms with van der Waals surface area (Å²) in [7, 11) is 0. The second-order valence-electron chi connectivity index (χ2n) is 5.32. The van der Waals surface area contributed by atoms with Gasteiger partial charge in [-0.3, -0.25) is 0 Å². The molecular weight excluding hydrogens is 326 g/mol. The van der Waals surface area contributed by atoms with E-state index in [1.54, 1.807) is 18.1 Å². The molecule has 0 saturated heterocycles. The number of nitrogens with zero attached hydrogens (tertiary/aromatic N) is 2. The number of aryl methyl sites for hydroxylation is 1. The molecule has 0 saturated carbocycles. The molecule has 2 aromatic carbocycles. The first-order valence-corrected chi connectivity index (χ1v) is 8.63. The Morgan fingerprint density at radius 3 is 2.87 bits per heavy atom. The number of fused-ring (bicyclic) bond motifs is 3. The molecule has 0 unspecified atom stereocenters. The van der Waals surface area contributed by atoms with Gasteiger partial charge in [-0.05, 0) is 42.3 Å². The van der Waals surface area contributed by atoms with Crippen LogP contribution in [0.2, 0.25) is 5.02 Å². The number of nitrogens with one attached hydrogen (secondary N) is 1. The topological polar surface area (TPSA) is 41.6 Å². The van der Waals surface area contributed by atoms with Crippen LogP contribution in [0.15, 0.2) is 58.7 Å². The molecule has 2 aromatic heterocycles. The fraction of sp³-hybridized carbons (Fsp3) is 0.111. The van der Waals surface area contributed by atoms with E-state index >= 15 is 0 Å². The van der Waals surface area contributed by atoms with E-state index in [0.29, 0.717) is 0 Å². The fourth-order valence-corrected chi connectivity index (χ4v) is 3.82. The molecule has 0 atom stereocenters. The molecule has 5 heteroatoms. The van der Waals surface area contributed by atoms with Crippen LogP contribution in [0.25, 0.3) is 21.9 Å². The fourth-order valence-electron chi connectivity index (χ4n) is 2.66. The highest BCUT2D eigenvalue weighted by Crippen LogP contribution is 2.34. The van der Waals surface area contributed by atoms with E-state index in [1.165, 1.54) is 5.56 Å². The third-order valence-electron chi connectivity index (χ3n) is 3.83. The molecule has 4 aromatic rings. The number of hydrogen-bond acceptors (Lipinski definition) is 3. The van der Waals surface area contributed by atoms with Gasteiger partial charge in [0.15, 0.2) is 0 Å². The summed E-state index contributed by atoms with van der Waals surface area (Å²) in [6.07, 6.45) is 2.64. The summed E-state index contributed by atoms with van der Waals surface area (Å²) < 4.78 is 0. The highest BCUT2D eigenvalue weighted by atomic mass is 35.5. The molecule has 3 nitrogen and oxygen atoms in total. The molecule has 4 rings (SSSR count). The standard InChI is InChI=1S/C18H14ClN3S/c1-2-11-6-7-15-14(8-11)16-17(22-15)18(21-10-20-16)23-13-5-3-4-12(19)9-13/h3-10,22H,2H2,1H3. The van der Waals surface area contributed by atoms with E-state index in [-0.39, 0.29) is 0 Å². The van der Waals surface area contributed by atoms with Gasteiger partial charge in [0.2, 0.25) is 0 Å². The molecule has 2 heterocycles. The Hall–Kier alpha value is -2.04. The molecule has 0 fully saturated rings. The highest BCUT2D eigenvalue weighted by molar-refractivity contribution is 7.99. The first-order chi connectivity index (χ1) is 11.2. The van der Waals surface area contributed by atoms with Gasteiger partial charge >= 0.3 is 0 Å².